The van der Waals surface area contributed by atoms with Crippen LogP contribution in [-0.4, -0.2) is 47.8 Å². The molecule has 1 saturated heterocycles. The second kappa shape index (κ2) is 7.51. The van der Waals surface area contributed by atoms with Gasteiger partial charge in [-0.2, -0.15) is 13.2 Å². The third-order valence-corrected chi connectivity index (χ3v) is 3.66. The van der Waals surface area contributed by atoms with Crippen LogP contribution in [0.15, 0.2) is 0 Å². The summed E-state index contributed by atoms with van der Waals surface area (Å²) in [6.45, 7) is 1.68. The number of rotatable bonds is 5. The van der Waals surface area contributed by atoms with Crippen LogP contribution in [0.1, 0.15) is 32.6 Å². The van der Waals surface area contributed by atoms with E-state index in [1.54, 1.807) is 0 Å². The Balaban J connectivity index is 2.49. The van der Waals surface area contributed by atoms with Crippen LogP contribution in [0.4, 0.5) is 18.0 Å². The molecule has 21 heavy (non-hydrogen) atoms. The molecule has 1 aliphatic heterocycles. The second-order valence-corrected chi connectivity index (χ2v) is 5.34. The lowest BCUT2D eigenvalue weighted by molar-refractivity contribution is -0.184. The van der Waals surface area contributed by atoms with Crippen LogP contribution in [0.3, 0.4) is 0 Å². The molecule has 122 valence electrons. The van der Waals surface area contributed by atoms with Gasteiger partial charge in [-0.3, -0.25) is 4.79 Å². The van der Waals surface area contributed by atoms with Gasteiger partial charge in [0, 0.05) is 19.6 Å². The molecule has 8 heteroatoms. The van der Waals surface area contributed by atoms with Crippen LogP contribution in [0.5, 0.6) is 0 Å². The number of carbonyl (C=O) groups is 2. The summed E-state index contributed by atoms with van der Waals surface area (Å²) in [5.41, 5.74) is 0. The summed E-state index contributed by atoms with van der Waals surface area (Å²) in [6.07, 6.45) is -2.89. The van der Waals surface area contributed by atoms with Crippen molar-refractivity contribution in [3.8, 4) is 0 Å². The first-order chi connectivity index (χ1) is 9.75. The van der Waals surface area contributed by atoms with Gasteiger partial charge in [0.2, 0.25) is 0 Å². The minimum atomic E-state index is -4.30. The fourth-order valence-corrected chi connectivity index (χ4v) is 2.41. The number of nitrogens with zero attached hydrogens (tertiary/aromatic N) is 1. The molecule has 0 aromatic heterocycles. The lowest BCUT2D eigenvalue weighted by atomic mass is 9.98. The van der Waals surface area contributed by atoms with Crippen molar-refractivity contribution in [3.63, 3.8) is 0 Å². The maximum absolute atomic E-state index is 12.7. The molecule has 1 heterocycles. The Kier molecular flexibility index (Phi) is 6.29. The molecule has 2 N–H and O–H groups in total. The molecule has 0 bridgehead atoms. The Morgan fingerprint density at radius 3 is 2.62 bits per heavy atom. The molecule has 2 atom stereocenters. The maximum atomic E-state index is 12.7. The van der Waals surface area contributed by atoms with E-state index in [9.17, 15) is 22.8 Å². The average molecular weight is 310 g/mol. The Morgan fingerprint density at radius 1 is 1.43 bits per heavy atom. The van der Waals surface area contributed by atoms with Crippen molar-refractivity contribution in [1.29, 1.82) is 0 Å². The lowest BCUT2D eigenvalue weighted by Gasteiger charge is -2.33. The van der Waals surface area contributed by atoms with Crippen molar-refractivity contribution in [2.75, 3.05) is 19.6 Å². The molecule has 0 spiro atoms. The van der Waals surface area contributed by atoms with Gasteiger partial charge < -0.3 is 15.3 Å². The van der Waals surface area contributed by atoms with E-state index in [0.29, 0.717) is 19.3 Å². The van der Waals surface area contributed by atoms with Gasteiger partial charge in [0.15, 0.2) is 0 Å². The van der Waals surface area contributed by atoms with E-state index in [4.69, 9.17) is 5.11 Å². The Labute approximate surface area is 121 Å². The molecule has 0 radical (unpaired) electrons. The first kappa shape index (κ1) is 17.6. The van der Waals surface area contributed by atoms with Gasteiger partial charge >= 0.3 is 18.2 Å². The molecule has 0 aliphatic carbocycles. The first-order valence-electron chi connectivity index (χ1n) is 7.08. The minimum absolute atomic E-state index is 0.0286. The molecule has 0 aromatic carbocycles. The van der Waals surface area contributed by atoms with E-state index in [-0.39, 0.29) is 26.1 Å². The zero-order valence-corrected chi connectivity index (χ0v) is 11.9. The molecule has 2 unspecified atom stereocenters. The fourth-order valence-electron chi connectivity index (χ4n) is 2.41. The van der Waals surface area contributed by atoms with E-state index >= 15 is 0 Å². The highest BCUT2D eigenvalue weighted by Gasteiger charge is 2.42. The van der Waals surface area contributed by atoms with E-state index in [0.717, 1.165) is 4.90 Å². The Morgan fingerprint density at radius 2 is 2.10 bits per heavy atom. The number of nitrogens with one attached hydrogen (secondary N) is 1. The highest BCUT2D eigenvalue weighted by Crippen LogP contribution is 2.33. The summed E-state index contributed by atoms with van der Waals surface area (Å²) in [6, 6.07) is -0.619. The number of carboxylic acid groups (broad SMARTS) is 1. The van der Waals surface area contributed by atoms with Crippen LogP contribution >= 0.6 is 0 Å². The van der Waals surface area contributed by atoms with Gasteiger partial charge in [0.25, 0.3) is 0 Å². The predicted molar refractivity (Wildman–Crippen MR) is 69.8 cm³/mol. The van der Waals surface area contributed by atoms with Crippen LogP contribution < -0.4 is 5.32 Å². The number of likely N-dealkylation sites (tertiary alicyclic amines) is 1. The molecule has 1 fully saturated rings. The van der Waals surface area contributed by atoms with E-state index in [1.807, 2.05) is 6.92 Å². The number of amides is 2. The molecule has 5 nitrogen and oxygen atoms in total. The smallest absolute Gasteiger partial charge is 0.393 e. The molecule has 0 saturated carbocycles. The number of piperidine rings is 1. The highest BCUT2D eigenvalue weighted by atomic mass is 19.4. The summed E-state index contributed by atoms with van der Waals surface area (Å²) < 4.78 is 38.0. The minimum Gasteiger partial charge on any atom is -0.481 e. The predicted octanol–water partition coefficient (Wildman–Crippen LogP) is 2.47. The summed E-state index contributed by atoms with van der Waals surface area (Å²) in [7, 11) is 0. The van der Waals surface area contributed by atoms with Crippen molar-refractivity contribution in [1.82, 2.24) is 10.2 Å². The van der Waals surface area contributed by atoms with E-state index < -0.39 is 30.0 Å². The molecule has 1 aliphatic rings. The summed E-state index contributed by atoms with van der Waals surface area (Å²) in [5.74, 6) is -3.21. The van der Waals surface area contributed by atoms with Crippen molar-refractivity contribution >= 4 is 12.0 Å². The first-order valence-corrected chi connectivity index (χ1v) is 7.08. The van der Waals surface area contributed by atoms with Crippen molar-refractivity contribution in [2.24, 2.45) is 11.8 Å². The van der Waals surface area contributed by atoms with Gasteiger partial charge in [0.05, 0.1) is 11.8 Å². The third-order valence-electron chi connectivity index (χ3n) is 3.66. The number of hydrogen-bond acceptors (Lipinski definition) is 2. The van der Waals surface area contributed by atoms with Crippen molar-refractivity contribution < 1.29 is 27.9 Å². The van der Waals surface area contributed by atoms with Gasteiger partial charge in [-0.1, -0.05) is 13.3 Å². The molecular formula is C13H21F3N2O3. The van der Waals surface area contributed by atoms with E-state index in [2.05, 4.69) is 5.32 Å². The lowest BCUT2D eigenvalue weighted by Crippen LogP contribution is -2.49. The number of carbonyl (C=O) groups excluding carboxylic acids is 1. The van der Waals surface area contributed by atoms with Gasteiger partial charge in [-0.25, -0.2) is 4.79 Å². The van der Waals surface area contributed by atoms with Crippen molar-refractivity contribution in [2.45, 2.75) is 38.8 Å². The number of carboxylic acids is 1. The van der Waals surface area contributed by atoms with Crippen LogP contribution in [0.2, 0.25) is 0 Å². The van der Waals surface area contributed by atoms with Gasteiger partial charge in [-0.15, -0.1) is 0 Å². The highest BCUT2D eigenvalue weighted by molar-refractivity contribution is 5.76. The van der Waals surface area contributed by atoms with Gasteiger partial charge in [0.1, 0.15) is 0 Å². The average Bonchev–Trinajstić information content (AvgIpc) is 2.42. The third kappa shape index (κ3) is 5.43. The zero-order valence-electron chi connectivity index (χ0n) is 11.9. The Bertz CT molecular complexity index is 374. The summed E-state index contributed by atoms with van der Waals surface area (Å²) >= 11 is 0. The number of halogens is 3. The second-order valence-electron chi connectivity index (χ2n) is 5.34. The summed E-state index contributed by atoms with van der Waals surface area (Å²) in [5, 5.41) is 11.4. The summed E-state index contributed by atoms with van der Waals surface area (Å²) in [4.78, 5) is 23.9. The Hall–Kier alpha value is -1.47. The monoisotopic (exact) mass is 310 g/mol. The number of aliphatic carboxylic acids is 1. The van der Waals surface area contributed by atoms with E-state index in [1.165, 1.54) is 0 Å². The normalized spacial score (nSPS) is 21.0. The number of urea groups is 1. The van der Waals surface area contributed by atoms with Crippen LogP contribution in [-0.2, 0) is 4.79 Å². The number of alkyl halides is 3. The zero-order chi connectivity index (χ0) is 16.0. The molecular weight excluding hydrogens is 289 g/mol. The fraction of sp³-hybridized carbons (Fsp3) is 0.846. The standard InChI is InChI=1S/C13H21F3N2O3/c1-2-4-9(11(19)20)7-17-12(21)18-6-3-5-10(8-18)13(14,15)16/h9-10H,2-8H2,1H3,(H,17,21)(H,19,20). The van der Waals surface area contributed by atoms with Gasteiger partial charge in [-0.05, 0) is 19.3 Å². The van der Waals surface area contributed by atoms with Crippen LogP contribution in [0.25, 0.3) is 0 Å². The quantitative estimate of drug-likeness (QED) is 0.819. The van der Waals surface area contributed by atoms with Crippen molar-refractivity contribution in [3.05, 3.63) is 0 Å². The largest absolute Gasteiger partial charge is 0.481 e. The maximum Gasteiger partial charge on any atom is 0.393 e. The SMILES string of the molecule is CCCC(CNC(=O)N1CCCC(C(F)(F)F)C1)C(=O)O. The van der Waals surface area contributed by atoms with Crippen LogP contribution in [0, 0.1) is 11.8 Å². The number of hydrogen-bond donors (Lipinski definition) is 2. The molecule has 1 rings (SSSR count). The topological polar surface area (TPSA) is 69.6 Å². The molecule has 0 aromatic rings. The molecule has 2 amide bonds.